The van der Waals surface area contributed by atoms with Crippen molar-refractivity contribution in [2.75, 3.05) is 0 Å². The van der Waals surface area contributed by atoms with E-state index in [-0.39, 0.29) is 6.04 Å². The molecule has 3 N–H and O–H groups in total. The maximum Gasteiger partial charge on any atom is 0.121 e. The molecule has 0 radical (unpaired) electrons. The fourth-order valence-electron chi connectivity index (χ4n) is 1.34. The van der Waals surface area contributed by atoms with Gasteiger partial charge in [0.05, 0.1) is 0 Å². The van der Waals surface area contributed by atoms with Crippen LogP contribution in [-0.2, 0) is 0 Å². The minimum Gasteiger partial charge on any atom is -0.507 e. The Balaban J connectivity index is 3.27. The van der Waals surface area contributed by atoms with Crippen LogP contribution in [0.3, 0.4) is 0 Å². The van der Waals surface area contributed by atoms with Crippen LogP contribution >= 0.6 is 0 Å². The van der Waals surface area contributed by atoms with E-state index in [9.17, 15) is 5.11 Å². The predicted octanol–water partition coefficient (Wildman–Crippen LogP) is 2.03. The van der Waals surface area contributed by atoms with E-state index in [1.54, 1.807) is 0 Å². The van der Waals surface area contributed by atoms with Gasteiger partial charge in [0.1, 0.15) is 5.75 Å². The lowest BCUT2D eigenvalue weighted by molar-refractivity contribution is 0.465. The molecule has 0 spiro atoms. The van der Waals surface area contributed by atoms with Gasteiger partial charge < -0.3 is 10.8 Å². The van der Waals surface area contributed by atoms with Crippen LogP contribution in [0, 0.1) is 13.8 Å². The monoisotopic (exact) mass is 165 g/mol. The van der Waals surface area contributed by atoms with Crippen molar-refractivity contribution < 1.29 is 5.11 Å². The summed E-state index contributed by atoms with van der Waals surface area (Å²) in [5.74, 6) is 0.366. The molecule has 2 heteroatoms. The van der Waals surface area contributed by atoms with Crippen molar-refractivity contribution >= 4 is 0 Å². The van der Waals surface area contributed by atoms with E-state index in [2.05, 4.69) is 0 Å². The zero-order chi connectivity index (χ0) is 9.30. The zero-order valence-corrected chi connectivity index (χ0v) is 7.76. The standard InChI is InChI=1S/C10H15NO/c1-6-4-5-9(8(3)11)7(2)10(6)12/h4-5,8,12H,11H2,1-3H3. The van der Waals surface area contributed by atoms with Crippen LogP contribution in [-0.4, -0.2) is 5.11 Å². The number of rotatable bonds is 1. The summed E-state index contributed by atoms with van der Waals surface area (Å²) in [4.78, 5) is 0. The molecule has 1 aromatic rings. The summed E-state index contributed by atoms with van der Waals surface area (Å²) in [6.45, 7) is 5.69. The van der Waals surface area contributed by atoms with E-state index >= 15 is 0 Å². The van der Waals surface area contributed by atoms with Gasteiger partial charge in [0.2, 0.25) is 0 Å². The van der Waals surface area contributed by atoms with Crippen molar-refractivity contribution in [2.45, 2.75) is 26.8 Å². The number of phenolic OH excluding ortho intramolecular Hbond substituents is 1. The molecule has 0 aromatic heterocycles. The lowest BCUT2D eigenvalue weighted by Crippen LogP contribution is -2.07. The second-order valence-electron chi connectivity index (χ2n) is 3.23. The Hall–Kier alpha value is -1.02. The Morgan fingerprint density at radius 1 is 1.33 bits per heavy atom. The highest BCUT2D eigenvalue weighted by atomic mass is 16.3. The first-order valence-corrected chi connectivity index (χ1v) is 4.08. The van der Waals surface area contributed by atoms with Gasteiger partial charge in [0, 0.05) is 6.04 Å². The fourth-order valence-corrected chi connectivity index (χ4v) is 1.34. The summed E-state index contributed by atoms with van der Waals surface area (Å²) in [5.41, 5.74) is 8.53. The second kappa shape index (κ2) is 3.15. The first-order chi connectivity index (χ1) is 5.54. The summed E-state index contributed by atoms with van der Waals surface area (Å²) >= 11 is 0. The van der Waals surface area contributed by atoms with Gasteiger partial charge >= 0.3 is 0 Å². The van der Waals surface area contributed by atoms with Crippen molar-refractivity contribution in [3.8, 4) is 5.75 Å². The first kappa shape index (κ1) is 9.07. The third-order valence-corrected chi connectivity index (χ3v) is 2.17. The van der Waals surface area contributed by atoms with E-state index < -0.39 is 0 Å². The minimum atomic E-state index is -0.0171. The Kier molecular flexibility index (Phi) is 2.38. The highest BCUT2D eigenvalue weighted by molar-refractivity contribution is 5.44. The molecule has 2 nitrogen and oxygen atoms in total. The van der Waals surface area contributed by atoms with Crippen LogP contribution in [0.2, 0.25) is 0 Å². The third kappa shape index (κ3) is 1.43. The molecular weight excluding hydrogens is 150 g/mol. The van der Waals surface area contributed by atoms with Crippen molar-refractivity contribution in [3.63, 3.8) is 0 Å². The van der Waals surface area contributed by atoms with Crippen LogP contribution < -0.4 is 5.73 Å². The Bertz CT molecular complexity index is 292. The summed E-state index contributed by atoms with van der Waals surface area (Å²) in [7, 11) is 0. The smallest absolute Gasteiger partial charge is 0.121 e. The van der Waals surface area contributed by atoms with Gasteiger partial charge in [0.25, 0.3) is 0 Å². The number of aryl methyl sites for hydroxylation is 1. The Morgan fingerprint density at radius 2 is 1.92 bits per heavy atom. The highest BCUT2D eigenvalue weighted by Gasteiger charge is 2.08. The molecule has 0 amide bonds. The molecule has 1 aromatic carbocycles. The molecule has 1 atom stereocenters. The van der Waals surface area contributed by atoms with Crippen LogP contribution in [0.1, 0.15) is 29.7 Å². The van der Waals surface area contributed by atoms with Crippen molar-refractivity contribution in [2.24, 2.45) is 5.73 Å². The molecule has 1 unspecified atom stereocenters. The van der Waals surface area contributed by atoms with Gasteiger partial charge in [-0.3, -0.25) is 0 Å². The van der Waals surface area contributed by atoms with Gasteiger partial charge in [-0.05, 0) is 37.5 Å². The Labute approximate surface area is 73.0 Å². The van der Waals surface area contributed by atoms with Gasteiger partial charge in [-0.15, -0.1) is 0 Å². The van der Waals surface area contributed by atoms with Crippen molar-refractivity contribution in [1.29, 1.82) is 0 Å². The average molecular weight is 165 g/mol. The molecule has 0 bridgehead atoms. The molecular formula is C10H15NO. The molecule has 1 rings (SSSR count). The summed E-state index contributed by atoms with van der Waals surface area (Å²) in [6, 6.07) is 3.84. The third-order valence-electron chi connectivity index (χ3n) is 2.17. The first-order valence-electron chi connectivity index (χ1n) is 4.08. The van der Waals surface area contributed by atoms with Gasteiger partial charge in [-0.2, -0.15) is 0 Å². The van der Waals surface area contributed by atoms with Crippen LogP contribution in [0.25, 0.3) is 0 Å². The van der Waals surface area contributed by atoms with Crippen LogP contribution in [0.5, 0.6) is 5.75 Å². The van der Waals surface area contributed by atoms with Crippen LogP contribution in [0.4, 0.5) is 0 Å². The van der Waals surface area contributed by atoms with Gasteiger partial charge in [-0.25, -0.2) is 0 Å². The SMILES string of the molecule is Cc1ccc(C(C)N)c(C)c1O. The van der Waals surface area contributed by atoms with E-state index in [0.29, 0.717) is 5.75 Å². The molecule has 0 heterocycles. The highest BCUT2D eigenvalue weighted by Crippen LogP contribution is 2.27. The maximum atomic E-state index is 9.58. The molecule has 0 aliphatic heterocycles. The zero-order valence-electron chi connectivity index (χ0n) is 7.76. The molecule has 0 aliphatic rings. The number of nitrogens with two attached hydrogens (primary N) is 1. The normalized spacial score (nSPS) is 13.0. The largest absolute Gasteiger partial charge is 0.507 e. The van der Waals surface area contributed by atoms with Crippen molar-refractivity contribution in [3.05, 3.63) is 28.8 Å². The molecule has 0 saturated heterocycles. The van der Waals surface area contributed by atoms with Gasteiger partial charge in [0.15, 0.2) is 0 Å². The topological polar surface area (TPSA) is 46.2 Å². The lowest BCUT2D eigenvalue weighted by atomic mass is 10.00. The minimum absolute atomic E-state index is 0.0171. The molecule has 66 valence electrons. The van der Waals surface area contributed by atoms with Crippen molar-refractivity contribution in [1.82, 2.24) is 0 Å². The predicted molar refractivity (Wildman–Crippen MR) is 50.2 cm³/mol. The maximum absolute atomic E-state index is 9.58. The molecule has 12 heavy (non-hydrogen) atoms. The van der Waals surface area contributed by atoms with E-state index in [1.807, 2.05) is 32.9 Å². The van der Waals surface area contributed by atoms with E-state index in [1.165, 1.54) is 0 Å². The van der Waals surface area contributed by atoms with E-state index in [4.69, 9.17) is 5.73 Å². The molecule has 0 aliphatic carbocycles. The fraction of sp³-hybridized carbons (Fsp3) is 0.400. The summed E-state index contributed by atoms with van der Waals surface area (Å²) in [5, 5.41) is 9.58. The number of benzene rings is 1. The number of hydrogen-bond acceptors (Lipinski definition) is 2. The number of phenols is 1. The summed E-state index contributed by atoms with van der Waals surface area (Å²) in [6.07, 6.45) is 0. The molecule has 0 saturated carbocycles. The summed E-state index contributed by atoms with van der Waals surface area (Å²) < 4.78 is 0. The average Bonchev–Trinajstić information content (AvgIpc) is 2.00. The molecule has 0 fully saturated rings. The Morgan fingerprint density at radius 3 is 2.42 bits per heavy atom. The van der Waals surface area contributed by atoms with E-state index in [0.717, 1.165) is 16.7 Å². The number of hydrogen-bond donors (Lipinski definition) is 2. The lowest BCUT2D eigenvalue weighted by Gasteiger charge is -2.12. The number of aromatic hydroxyl groups is 1. The van der Waals surface area contributed by atoms with Crippen LogP contribution in [0.15, 0.2) is 12.1 Å². The quantitative estimate of drug-likeness (QED) is 0.668. The second-order valence-corrected chi connectivity index (χ2v) is 3.23. The van der Waals surface area contributed by atoms with Gasteiger partial charge in [-0.1, -0.05) is 12.1 Å².